The molecule has 3 saturated heterocycles. The maximum absolute atomic E-state index is 6.20. The second-order valence-corrected chi connectivity index (χ2v) is 6.69. The van der Waals surface area contributed by atoms with Gasteiger partial charge in [-0.2, -0.15) is 0 Å². The van der Waals surface area contributed by atoms with Gasteiger partial charge >= 0.3 is 0 Å². The van der Waals surface area contributed by atoms with Gasteiger partial charge < -0.3 is 9.47 Å². The first-order chi connectivity index (χ1) is 11.7. The number of hydrogen-bond donors (Lipinski definition) is 0. The van der Waals surface area contributed by atoms with Crippen LogP contribution in [0.1, 0.15) is 19.8 Å². The summed E-state index contributed by atoms with van der Waals surface area (Å²) >= 11 is 0. The molecule has 0 unspecified atom stereocenters. The van der Waals surface area contributed by atoms with Crippen molar-refractivity contribution >= 4 is 0 Å². The fourth-order valence-corrected chi connectivity index (χ4v) is 3.91. The minimum Gasteiger partial charge on any atom is -0.497 e. The number of nitrogens with zero attached hydrogens (tertiary/aromatic N) is 3. The smallest absolute Gasteiger partial charge is 0.233 e. The Hall–Kier alpha value is -2.14. The summed E-state index contributed by atoms with van der Waals surface area (Å²) in [6, 6.07) is 12.2. The van der Waals surface area contributed by atoms with Crippen molar-refractivity contribution in [1.82, 2.24) is 15.1 Å². The maximum Gasteiger partial charge on any atom is 0.233 e. The van der Waals surface area contributed by atoms with Gasteiger partial charge in [0.15, 0.2) is 0 Å². The summed E-state index contributed by atoms with van der Waals surface area (Å²) in [6.07, 6.45) is 2.68. The van der Waals surface area contributed by atoms with Gasteiger partial charge in [-0.05, 0) is 57.0 Å². The van der Waals surface area contributed by atoms with E-state index in [4.69, 9.17) is 9.47 Å². The predicted molar refractivity (Wildman–Crippen MR) is 92.2 cm³/mol. The molecule has 3 aliphatic rings. The topological polar surface area (TPSA) is 47.5 Å². The van der Waals surface area contributed by atoms with Crippen LogP contribution in [0.25, 0.3) is 11.3 Å². The Kier molecular flexibility index (Phi) is 4.10. The molecular weight excluding hydrogens is 302 g/mol. The summed E-state index contributed by atoms with van der Waals surface area (Å²) in [7, 11) is 1.66. The highest BCUT2D eigenvalue weighted by Crippen LogP contribution is 2.34. The van der Waals surface area contributed by atoms with E-state index in [1.165, 1.54) is 25.9 Å². The van der Waals surface area contributed by atoms with Crippen LogP contribution < -0.4 is 9.47 Å². The van der Waals surface area contributed by atoms with Crippen LogP contribution in [0, 0.1) is 5.92 Å². The van der Waals surface area contributed by atoms with E-state index >= 15 is 0 Å². The minimum atomic E-state index is 0.226. The Morgan fingerprint density at radius 1 is 1.08 bits per heavy atom. The Balaban J connectivity index is 1.50. The molecule has 126 valence electrons. The van der Waals surface area contributed by atoms with Crippen LogP contribution >= 0.6 is 0 Å². The van der Waals surface area contributed by atoms with Gasteiger partial charge in [0.2, 0.25) is 5.88 Å². The molecule has 5 heteroatoms. The van der Waals surface area contributed by atoms with E-state index in [-0.39, 0.29) is 6.10 Å². The zero-order valence-corrected chi connectivity index (χ0v) is 14.2. The van der Waals surface area contributed by atoms with Crippen LogP contribution in [-0.2, 0) is 0 Å². The molecule has 0 saturated carbocycles. The van der Waals surface area contributed by atoms with Crippen LogP contribution in [0.2, 0.25) is 0 Å². The molecule has 1 aromatic heterocycles. The molecule has 24 heavy (non-hydrogen) atoms. The Bertz CT molecular complexity index is 694. The zero-order valence-electron chi connectivity index (χ0n) is 14.2. The number of benzene rings is 1. The highest BCUT2D eigenvalue weighted by molar-refractivity contribution is 5.60. The van der Waals surface area contributed by atoms with Crippen molar-refractivity contribution in [3.05, 3.63) is 36.4 Å². The van der Waals surface area contributed by atoms with E-state index in [0.29, 0.717) is 17.8 Å². The molecular formula is C19H23N3O2. The minimum absolute atomic E-state index is 0.226. The SMILES string of the molecule is COc1cccc(-c2ccc(O[C@@H]3C4CCN(CC4)[C@H]3C)nn2)c1. The molecule has 1 aromatic carbocycles. The monoisotopic (exact) mass is 325 g/mol. The first-order valence-corrected chi connectivity index (χ1v) is 8.63. The second-order valence-electron chi connectivity index (χ2n) is 6.69. The molecule has 3 fully saturated rings. The maximum atomic E-state index is 6.20. The lowest BCUT2D eigenvalue weighted by Crippen LogP contribution is -2.58. The van der Waals surface area contributed by atoms with E-state index in [0.717, 1.165) is 17.0 Å². The molecule has 3 aliphatic heterocycles. The quantitative estimate of drug-likeness (QED) is 0.865. The zero-order chi connectivity index (χ0) is 16.5. The van der Waals surface area contributed by atoms with Gasteiger partial charge in [-0.3, -0.25) is 4.90 Å². The van der Waals surface area contributed by atoms with E-state index < -0.39 is 0 Å². The standard InChI is InChI=1S/C19H23N3O2/c1-13-19(14-8-10-22(13)11-9-14)24-18-7-6-17(20-21-18)15-4-3-5-16(12-15)23-2/h3-7,12-14,19H,8-11H2,1-2H3/t13-,19-/m0/s1. The molecule has 0 radical (unpaired) electrons. The summed E-state index contributed by atoms with van der Waals surface area (Å²) in [5, 5.41) is 8.62. The molecule has 2 aromatic rings. The highest BCUT2D eigenvalue weighted by Gasteiger charge is 2.41. The molecule has 5 rings (SSSR count). The van der Waals surface area contributed by atoms with E-state index in [9.17, 15) is 0 Å². The van der Waals surface area contributed by atoms with Gasteiger partial charge in [-0.1, -0.05) is 12.1 Å². The van der Waals surface area contributed by atoms with Crippen molar-refractivity contribution in [3.63, 3.8) is 0 Å². The molecule has 4 heterocycles. The fourth-order valence-electron chi connectivity index (χ4n) is 3.91. The third kappa shape index (κ3) is 2.84. The summed E-state index contributed by atoms with van der Waals surface area (Å²) in [6.45, 7) is 4.66. The van der Waals surface area contributed by atoms with Crippen LogP contribution in [0.15, 0.2) is 36.4 Å². The molecule has 2 bridgehead atoms. The Morgan fingerprint density at radius 2 is 1.92 bits per heavy atom. The number of methoxy groups -OCH3 is 1. The van der Waals surface area contributed by atoms with Crippen molar-refractivity contribution < 1.29 is 9.47 Å². The van der Waals surface area contributed by atoms with E-state index in [2.05, 4.69) is 22.0 Å². The van der Waals surface area contributed by atoms with E-state index in [1.54, 1.807) is 7.11 Å². The molecule has 0 aliphatic carbocycles. The Morgan fingerprint density at radius 3 is 2.58 bits per heavy atom. The van der Waals surface area contributed by atoms with Crippen molar-refractivity contribution in [3.8, 4) is 22.9 Å². The predicted octanol–water partition coefficient (Wildman–Crippen LogP) is 3.01. The van der Waals surface area contributed by atoms with Crippen molar-refractivity contribution in [2.75, 3.05) is 20.2 Å². The molecule has 2 atom stereocenters. The molecule has 0 amide bonds. The molecule has 5 nitrogen and oxygen atoms in total. The van der Waals surface area contributed by atoms with Crippen LogP contribution in [0.5, 0.6) is 11.6 Å². The number of ether oxygens (including phenoxy) is 2. The normalized spacial score (nSPS) is 28.6. The summed E-state index contributed by atoms with van der Waals surface area (Å²) in [5.74, 6) is 2.08. The summed E-state index contributed by atoms with van der Waals surface area (Å²) in [4.78, 5) is 2.52. The van der Waals surface area contributed by atoms with Crippen LogP contribution in [0.4, 0.5) is 0 Å². The van der Waals surface area contributed by atoms with Gasteiger partial charge in [0.1, 0.15) is 11.9 Å². The van der Waals surface area contributed by atoms with Crippen molar-refractivity contribution in [2.24, 2.45) is 5.92 Å². The van der Waals surface area contributed by atoms with Crippen molar-refractivity contribution in [2.45, 2.75) is 31.9 Å². The first-order valence-electron chi connectivity index (χ1n) is 8.63. The lowest BCUT2D eigenvalue weighted by Gasteiger charge is -2.48. The first kappa shape index (κ1) is 15.4. The average molecular weight is 325 g/mol. The number of fused-ring (bicyclic) bond motifs is 3. The van der Waals surface area contributed by atoms with Gasteiger partial charge in [0, 0.05) is 17.7 Å². The van der Waals surface area contributed by atoms with Gasteiger partial charge in [0.05, 0.1) is 12.8 Å². The Labute approximate surface area is 142 Å². The van der Waals surface area contributed by atoms with E-state index in [1.807, 2.05) is 36.4 Å². The van der Waals surface area contributed by atoms with Crippen LogP contribution in [0.3, 0.4) is 0 Å². The number of hydrogen-bond acceptors (Lipinski definition) is 5. The third-order valence-electron chi connectivity index (χ3n) is 5.35. The average Bonchev–Trinajstić information content (AvgIpc) is 2.65. The second kappa shape index (κ2) is 6.40. The van der Waals surface area contributed by atoms with Crippen molar-refractivity contribution in [1.29, 1.82) is 0 Å². The number of piperidine rings is 3. The molecule has 0 spiro atoms. The lowest BCUT2D eigenvalue weighted by molar-refractivity contribution is -0.0528. The third-order valence-corrected chi connectivity index (χ3v) is 5.35. The van der Waals surface area contributed by atoms with Crippen LogP contribution in [-0.4, -0.2) is 47.4 Å². The summed E-state index contributed by atoms with van der Waals surface area (Å²) < 4.78 is 11.5. The highest BCUT2D eigenvalue weighted by atomic mass is 16.5. The molecule has 0 N–H and O–H groups in total. The fraction of sp³-hybridized carbons (Fsp3) is 0.474. The summed E-state index contributed by atoms with van der Waals surface area (Å²) in [5.41, 5.74) is 1.81. The lowest BCUT2D eigenvalue weighted by atomic mass is 9.81. The van der Waals surface area contributed by atoms with Gasteiger partial charge in [-0.25, -0.2) is 0 Å². The van der Waals surface area contributed by atoms with Gasteiger partial charge in [0.25, 0.3) is 0 Å². The number of aromatic nitrogens is 2. The van der Waals surface area contributed by atoms with Gasteiger partial charge in [-0.15, -0.1) is 10.2 Å². The number of rotatable bonds is 4. The largest absolute Gasteiger partial charge is 0.497 e.